The molecule has 0 radical (unpaired) electrons. The minimum Gasteiger partial charge on any atom is -0.200 e. The van der Waals surface area contributed by atoms with Crippen molar-refractivity contribution in [1.29, 1.82) is 0 Å². The maximum atomic E-state index is 13.1. The number of rotatable bonds is 2. The normalized spacial score (nSPS) is 13.7. The number of benzene rings is 1. The van der Waals surface area contributed by atoms with E-state index >= 15 is 0 Å². The molecule has 1 rings (SSSR count). The minimum absolute atomic E-state index is 0.144. The van der Waals surface area contributed by atoms with E-state index in [0.29, 0.717) is 12.1 Å². The van der Waals surface area contributed by atoms with E-state index in [1.165, 1.54) is 13.0 Å². The maximum absolute atomic E-state index is 13.1. The number of hydrogen-bond acceptors (Lipinski definition) is 0. The van der Waals surface area contributed by atoms with Gasteiger partial charge in [0.25, 0.3) is 0 Å². The zero-order valence-corrected chi connectivity index (χ0v) is 10.7. The Labute approximate surface area is 118 Å². The van der Waals surface area contributed by atoms with Crippen molar-refractivity contribution in [3.8, 4) is 0 Å². The van der Waals surface area contributed by atoms with E-state index in [4.69, 9.17) is 0 Å². The Hall–Kier alpha value is -1.93. The van der Waals surface area contributed by atoms with Gasteiger partial charge in [-0.2, -0.15) is 35.1 Å². The van der Waals surface area contributed by atoms with Gasteiger partial charge < -0.3 is 0 Å². The molecule has 0 nitrogen and oxygen atoms in total. The Morgan fingerprint density at radius 1 is 0.864 bits per heavy atom. The Kier molecular flexibility index (Phi) is 4.99. The molecule has 0 heterocycles. The summed E-state index contributed by atoms with van der Waals surface area (Å²) in [6.45, 7) is 1.28. The number of hydrogen-bond donors (Lipinski definition) is 0. The van der Waals surface area contributed by atoms with Gasteiger partial charge in [0.05, 0.1) is 5.57 Å². The van der Waals surface area contributed by atoms with E-state index in [1.807, 2.05) is 0 Å². The Morgan fingerprint density at radius 2 is 1.41 bits per heavy atom. The van der Waals surface area contributed by atoms with Gasteiger partial charge in [-0.05, 0) is 12.5 Å². The van der Waals surface area contributed by atoms with Gasteiger partial charge in [-0.1, -0.05) is 29.8 Å². The molecule has 0 aliphatic rings. The summed E-state index contributed by atoms with van der Waals surface area (Å²) < 4.78 is 114. The van der Waals surface area contributed by atoms with Crippen molar-refractivity contribution in [3.05, 3.63) is 52.9 Å². The second-order valence-corrected chi connectivity index (χ2v) is 4.19. The molecule has 0 N–H and O–H groups in total. The molecule has 122 valence electrons. The lowest BCUT2D eigenvalue weighted by molar-refractivity contribution is -0.101. The van der Waals surface area contributed by atoms with Crippen molar-refractivity contribution in [2.45, 2.75) is 19.3 Å². The van der Waals surface area contributed by atoms with Crippen molar-refractivity contribution in [2.75, 3.05) is 0 Å². The Bertz CT molecular complexity index is 613. The van der Waals surface area contributed by atoms with Crippen LogP contribution < -0.4 is 0 Å². The Balaban J connectivity index is 3.90. The first-order valence-corrected chi connectivity index (χ1v) is 5.52. The molecule has 22 heavy (non-hydrogen) atoms. The monoisotopic (exact) mass is 334 g/mol. The molecule has 0 unspecified atom stereocenters. The first kappa shape index (κ1) is 18.1. The highest BCUT2D eigenvalue weighted by atomic mass is 19.4. The highest BCUT2D eigenvalue weighted by Crippen LogP contribution is 2.46. The number of halogens is 9. The van der Waals surface area contributed by atoms with E-state index < -0.39 is 41.0 Å². The van der Waals surface area contributed by atoms with Crippen LogP contribution in [0.5, 0.6) is 0 Å². The quantitative estimate of drug-likeness (QED) is 0.463. The van der Waals surface area contributed by atoms with Gasteiger partial charge in [-0.15, -0.1) is 0 Å². The zero-order chi connectivity index (χ0) is 17.3. The van der Waals surface area contributed by atoms with Crippen molar-refractivity contribution in [1.82, 2.24) is 0 Å². The van der Waals surface area contributed by atoms with E-state index in [-0.39, 0.29) is 5.56 Å². The summed E-state index contributed by atoms with van der Waals surface area (Å²) >= 11 is 0. The summed E-state index contributed by atoms with van der Waals surface area (Å²) in [5.41, 5.74) is -6.47. The van der Waals surface area contributed by atoms with Crippen molar-refractivity contribution < 1.29 is 39.5 Å². The summed E-state index contributed by atoms with van der Waals surface area (Å²) in [5.74, 6) is -3.25. The van der Waals surface area contributed by atoms with Crippen LogP contribution in [0, 0.1) is 6.92 Å². The average Bonchev–Trinajstić information content (AvgIpc) is 2.31. The van der Waals surface area contributed by atoms with Gasteiger partial charge in [0, 0.05) is 0 Å². The molecular weight excluding hydrogens is 327 g/mol. The van der Waals surface area contributed by atoms with Gasteiger partial charge in [0.15, 0.2) is 0 Å². The number of alkyl halides is 6. The van der Waals surface area contributed by atoms with Gasteiger partial charge >= 0.3 is 18.4 Å². The van der Waals surface area contributed by atoms with Crippen LogP contribution in [0.3, 0.4) is 0 Å². The molecule has 0 amide bonds. The van der Waals surface area contributed by atoms with Crippen LogP contribution in [-0.4, -0.2) is 12.4 Å². The third-order valence-electron chi connectivity index (χ3n) is 2.51. The summed E-state index contributed by atoms with van der Waals surface area (Å²) in [6.07, 6.45) is -15.1. The lowest BCUT2D eigenvalue weighted by Gasteiger charge is -2.19. The van der Waals surface area contributed by atoms with Crippen molar-refractivity contribution >= 4 is 5.57 Å². The molecule has 0 fully saturated rings. The minimum atomic E-state index is -5.96. The van der Waals surface area contributed by atoms with Crippen LogP contribution in [0.2, 0.25) is 0 Å². The van der Waals surface area contributed by atoms with Crippen LogP contribution in [0.25, 0.3) is 5.57 Å². The first-order chi connectivity index (χ1) is 9.85. The van der Waals surface area contributed by atoms with Crippen molar-refractivity contribution in [2.24, 2.45) is 0 Å². The molecule has 0 saturated carbocycles. The van der Waals surface area contributed by atoms with Gasteiger partial charge in [-0.3, -0.25) is 0 Å². The van der Waals surface area contributed by atoms with Crippen LogP contribution in [0.15, 0.2) is 41.7 Å². The molecular formula is C13H7F9. The van der Waals surface area contributed by atoms with E-state index in [2.05, 4.69) is 0 Å². The fraction of sp³-hybridized carbons (Fsp3) is 0.231. The molecule has 0 aliphatic carbocycles. The van der Waals surface area contributed by atoms with Crippen molar-refractivity contribution in [3.63, 3.8) is 0 Å². The fourth-order valence-corrected chi connectivity index (χ4v) is 1.72. The molecule has 0 aliphatic heterocycles. The summed E-state index contributed by atoms with van der Waals surface area (Å²) in [4.78, 5) is 0. The molecule has 0 bridgehead atoms. The lowest BCUT2D eigenvalue weighted by Crippen LogP contribution is -2.22. The molecule has 0 atom stereocenters. The predicted molar refractivity (Wildman–Crippen MR) is 60.6 cm³/mol. The fourth-order valence-electron chi connectivity index (χ4n) is 1.72. The zero-order valence-electron chi connectivity index (χ0n) is 10.7. The van der Waals surface area contributed by atoms with Gasteiger partial charge in [-0.25, -0.2) is 4.39 Å². The van der Waals surface area contributed by atoms with Crippen LogP contribution in [-0.2, 0) is 0 Å². The first-order valence-electron chi connectivity index (χ1n) is 5.52. The molecule has 0 aromatic heterocycles. The van der Waals surface area contributed by atoms with Crippen LogP contribution in [0.4, 0.5) is 39.5 Å². The van der Waals surface area contributed by atoms with E-state index in [9.17, 15) is 39.5 Å². The Morgan fingerprint density at radius 3 is 1.77 bits per heavy atom. The standard InChI is InChI=1S/C13H7F9/c1-6-3-2-4-7(5-6)8(12(17,18)19)9(13(20,21)22)10(14)11(15)16/h2-5H,1H3/b9-8+. The summed E-state index contributed by atoms with van der Waals surface area (Å²) in [5, 5.41) is 0. The molecule has 9 heteroatoms. The predicted octanol–water partition coefficient (Wildman–Crippen LogP) is 5.95. The van der Waals surface area contributed by atoms with Crippen LogP contribution >= 0.6 is 0 Å². The molecule has 0 spiro atoms. The SMILES string of the molecule is Cc1cccc(/C(=C(/C(F)=C(F)F)C(F)(F)F)C(F)(F)F)c1. The number of allylic oxidation sites excluding steroid dienone is 3. The van der Waals surface area contributed by atoms with E-state index in [1.54, 1.807) is 0 Å². The topological polar surface area (TPSA) is 0 Å². The third kappa shape index (κ3) is 4.05. The lowest BCUT2D eigenvalue weighted by atomic mass is 9.96. The smallest absolute Gasteiger partial charge is 0.200 e. The summed E-state index contributed by atoms with van der Waals surface area (Å²) in [7, 11) is 0. The molecule has 1 aromatic carbocycles. The largest absolute Gasteiger partial charge is 0.420 e. The van der Waals surface area contributed by atoms with Gasteiger partial charge in [0.2, 0.25) is 5.83 Å². The third-order valence-corrected chi connectivity index (χ3v) is 2.51. The number of aryl methyl sites for hydroxylation is 1. The summed E-state index contributed by atoms with van der Waals surface area (Å²) in [6, 6.07) is 3.60. The molecule has 0 saturated heterocycles. The average molecular weight is 334 g/mol. The highest BCUT2D eigenvalue weighted by Gasteiger charge is 2.49. The second-order valence-electron chi connectivity index (χ2n) is 4.19. The second kappa shape index (κ2) is 6.05. The molecule has 1 aromatic rings. The highest BCUT2D eigenvalue weighted by molar-refractivity contribution is 5.76. The van der Waals surface area contributed by atoms with Gasteiger partial charge in [0.1, 0.15) is 5.57 Å². The van der Waals surface area contributed by atoms with E-state index in [0.717, 1.165) is 6.07 Å². The maximum Gasteiger partial charge on any atom is 0.420 e. The van der Waals surface area contributed by atoms with Crippen LogP contribution in [0.1, 0.15) is 11.1 Å².